The molecule has 8 rings (SSSR count). The average molecular weight is 865 g/mol. The van der Waals surface area contributed by atoms with Crippen LogP contribution in [-0.2, 0) is 13.2 Å². The molecule has 0 radical (unpaired) electrons. The number of carbonyl (C=O) groups is 2. The molecule has 0 saturated carbocycles. The normalized spacial score (nSPS) is 12.5. The van der Waals surface area contributed by atoms with Crippen LogP contribution in [0, 0.1) is 13.8 Å². The Kier molecular flexibility index (Phi) is 11.3. The lowest BCUT2D eigenvalue weighted by Crippen LogP contribution is -2.28. The van der Waals surface area contributed by atoms with Crippen LogP contribution in [0.25, 0.3) is 55.3 Å². The lowest BCUT2D eigenvalue weighted by atomic mass is 9.93. The van der Waals surface area contributed by atoms with Gasteiger partial charge in [-0.15, -0.1) is 0 Å². The minimum atomic E-state index is -0.931. The molecule has 6 aromatic carbocycles. The topological polar surface area (TPSA) is 272 Å². The molecular formula is C48H44N6O10. The monoisotopic (exact) mass is 864 g/mol. The Morgan fingerprint density at radius 2 is 0.938 bits per heavy atom. The van der Waals surface area contributed by atoms with Crippen LogP contribution in [0.3, 0.4) is 0 Å². The minimum Gasteiger partial charge on any atom is -0.507 e. The van der Waals surface area contributed by atoms with Crippen molar-refractivity contribution in [2.24, 2.45) is 0 Å². The van der Waals surface area contributed by atoms with E-state index in [2.05, 4.69) is 30.6 Å². The maximum absolute atomic E-state index is 14.0. The van der Waals surface area contributed by atoms with Crippen molar-refractivity contribution in [2.75, 3.05) is 13.1 Å². The maximum atomic E-state index is 14.0. The summed E-state index contributed by atoms with van der Waals surface area (Å²) in [5.74, 6) is -5.54. The lowest BCUT2D eigenvalue weighted by molar-refractivity contribution is 0.0944. The fourth-order valence-electron chi connectivity index (χ4n) is 8.06. The number of aromatic hydroxyl groups is 6. The quantitative estimate of drug-likeness (QED) is 0.0627. The summed E-state index contributed by atoms with van der Waals surface area (Å²) in [6, 6.07) is 21.6. The first-order valence-electron chi connectivity index (χ1n) is 20.4. The molecule has 2 unspecified atom stereocenters. The van der Waals surface area contributed by atoms with Gasteiger partial charge in [0.25, 0.3) is 11.8 Å². The van der Waals surface area contributed by atoms with Gasteiger partial charge in [-0.1, -0.05) is 74.5 Å². The summed E-state index contributed by atoms with van der Waals surface area (Å²) < 4.78 is 0. The van der Waals surface area contributed by atoms with Crippen LogP contribution < -0.4 is 10.6 Å². The second-order valence-electron chi connectivity index (χ2n) is 15.8. The predicted molar refractivity (Wildman–Crippen MR) is 239 cm³/mol. The Labute approximate surface area is 364 Å². The molecule has 2 aromatic heterocycles. The van der Waals surface area contributed by atoms with Gasteiger partial charge in [-0.25, -0.2) is 19.9 Å². The summed E-state index contributed by atoms with van der Waals surface area (Å²) in [5, 5.41) is 96.9. The van der Waals surface area contributed by atoms with E-state index >= 15 is 0 Å². The first-order chi connectivity index (χ1) is 30.7. The largest absolute Gasteiger partial charge is 0.507 e. The third-order valence-electron chi connectivity index (χ3n) is 11.9. The number of hydrogen-bond donors (Lipinski definition) is 10. The van der Waals surface area contributed by atoms with Crippen LogP contribution in [0.1, 0.15) is 79.8 Å². The first kappa shape index (κ1) is 42.9. The zero-order valence-electron chi connectivity index (χ0n) is 35.1. The van der Waals surface area contributed by atoms with Crippen LogP contribution >= 0.6 is 0 Å². The predicted octanol–water partition coefficient (Wildman–Crippen LogP) is 6.45. The van der Waals surface area contributed by atoms with Gasteiger partial charge < -0.3 is 51.5 Å². The standard InChI is InChI=1S/C48H44N6O10/c1-21(25-11-7-5-8-12-25)17-49-47(63)27-15-16-30(57)37-34(27)52-39-35(51-37)28(19-55)43(59)32(45(39)61)33-44(60)29(20-56)36-40(46(33)62)54-38-31(23(3)24(4)42(58)41(38)53-36)48(64)50-18-22(2)26-13-9-6-10-14-26/h5-16,21-22,55-62H,17-20H2,1-4H3,(H,49,63)(H,50,64). The molecule has 2 amide bonds. The van der Waals surface area contributed by atoms with Gasteiger partial charge in [0, 0.05) is 24.2 Å². The third kappa shape index (κ3) is 7.07. The van der Waals surface area contributed by atoms with Crippen LogP contribution in [0.15, 0.2) is 72.8 Å². The molecule has 326 valence electrons. The van der Waals surface area contributed by atoms with Crippen molar-refractivity contribution in [3.63, 3.8) is 0 Å². The highest BCUT2D eigenvalue weighted by atomic mass is 16.3. The van der Waals surface area contributed by atoms with Gasteiger partial charge >= 0.3 is 0 Å². The van der Waals surface area contributed by atoms with E-state index in [1.165, 1.54) is 12.1 Å². The van der Waals surface area contributed by atoms with Gasteiger partial charge in [0.15, 0.2) is 11.5 Å². The number of phenols is 6. The van der Waals surface area contributed by atoms with Gasteiger partial charge in [-0.2, -0.15) is 0 Å². The van der Waals surface area contributed by atoms with Crippen molar-refractivity contribution in [3.05, 3.63) is 117 Å². The Balaban J connectivity index is 1.31. The molecule has 2 heterocycles. The van der Waals surface area contributed by atoms with E-state index in [1.54, 1.807) is 13.8 Å². The Morgan fingerprint density at radius 1 is 0.500 bits per heavy atom. The number of nitrogens with one attached hydrogen (secondary N) is 2. The number of aliphatic hydroxyl groups is 2. The van der Waals surface area contributed by atoms with Crippen LogP contribution in [-0.4, -0.2) is 85.7 Å². The van der Waals surface area contributed by atoms with E-state index in [-0.39, 0.29) is 86.0 Å². The molecule has 0 bridgehead atoms. The van der Waals surface area contributed by atoms with Gasteiger partial charge in [0.2, 0.25) is 0 Å². The van der Waals surface area contributed by atoms with Crippen LogP contribution in [0.5, 0.6) is 34.5 Å². The Morgan fingerprint density at radius 3 is 1.44 bits per heavy atom. The van der Waals surface area contributed by atoms with E-state index in [0.29, 0.717) is 11.1 Å². The second-order valence-corrected chi connectivity index (χ2v) is 15.8. The number of hydrogen-bond acceptors (Lipinski definition) is 14. The van der Waals surface area contributed by atoms with Crippen LogP contribution in [0.4, 0.5) is 0 Å². The van der Waals surface area contributed by atoms with Crippen molar-refractivity contribution >= 4 is 55.9 Å². The van der Waals surface area contributed by atoms with Gasteiger partial charge in [-0.3, -0.25) is 9.59 Å². The number of amides is 2. The molecule has 16 nitrogen and oxygen atoms in total. The van der Waals surface area contributed by atoms with Crippen molar-refractivity contribution in [1.29, 1.82) is 0 Å². The van der Waals surface area contributed by atoms with E-state index in [1.807, 2.05) is 74.5 Å². The van der Waals surface area contributed by atoms with Crippen LogP contribution in [0.2, 0.25) is 0 Å². The summed E-state index contributed by atoms with van der Waals surface area (Å²) >= 11 is 0. The van der Waals surface area contributed by atoms with E-state index in [9.17, 15) is 50.4 Å². The molecule has 16 heteroatoms. The Bertz CT molecular complexity index is 3200. The molecule has 10 N–H and O–H groups in total. The minimum absolute atomic E-state index is 0.0262. The molecule has 8 aromatic rings. The summed E-state index contributed by atoms with van der Waals surface area (Å²) in [5.41, 5.74) is -1.44. The van der Waals surface area contributed by atoms with Crippen molar-refractivity contribution in [1.82, 2.24) is 30.6 Å². The number of carbonyl (C=O) groups excluding carboxylic acids is 2. The molecular weight excluding hydrogens is 821 g/mol. The highest BCUT2D eigenvalue weighted by Crippen LogP contribution is 2.54. The average Bonchev–Trinajstić information content (AvgIpc) is 3.30. The summed E-state index contributed by atoms with van der Waals surface area (Å²) in [7, 11) is 0. The van der Waals surface area contributed by atoms with Gasteiger partial charge in [0.1, 0.15) is 67.1 Å². The highest BCUT2D eigenvalue weighted by molar-refractivity contribution is 6.12. The third-order valence-corrected chi connectivity index (χ3v) is 11.9. The molecule has 0 saturated heterocycles. The maximum Gasteiger partial charge on any atom is 0.253 e. The van der Waals surface area contributed by atoms with Crippen molar-refractivity contribution in [2.45, 2.75) is 52.7 Å². The fraction of sp³-hybridized carbons (Fsp3) is 0.208. The first-order valence-corrected chi connectivity index (χ1v) is 20.4. The number of benzene rings is 6. The fourth-order valence-corrected chi connectivity index (χ4v) is 8.06. The number of rotatable bonds is 11. The van der Waals surface area contributed by atoms with E-state index in [0.717, 1.165) is 11.1 Å². The smallest absolute Gasteiger partial charge is 0.253 e. The Hall–Kier alpha value is -7.82. The number of aliphatic hydroxyl groups excluding tert-OH is 2. The molecule has 2 atom stereocenters. The van der Waals surface area contributed by atoms with E-state index < -0.39 is 75.9 Å². The van der Waals surface area contributed by atoms with E-state index in [4.69, 9.17) is 0 Å². The molecule has 0 aliphatic carbocycles. The number of fused-ring (bicyclic) bond motifs is 4. The van der Waals surface area contributed by atoms with Gasteiger partial charge in [0.05, 0.1) is 35.5 Å². The zero-order chi connectivity index (χ0) is 45.7. The number of nitrogens with zero attached hydrogens (tertiary/aromatic N) is 4. The zero-order valence-corrected chi connectivity index (χ0v) is 35.1. The lowest BCUT2D eigenvalue weighted by Gasteiger charge is -2.20. The summed E-state index contributed by atoms with van der Waals surface area (Å²) in [6.07, 6.45) is 0. The SMILES string of the molecule is Cc1c(C)c(C(=O)NCC(C)c2ccccc2)c2nc3c(O)c(-c4c(O)c(CO)c5nc6c(O)ccc(C(=O)NCC(C)c7ccccc7)c6nc5c4O)c(O)c(CO)c3nc2c1O. The van der Waals surface area contributed by atoms with Crippen molar-refractivity contribution in [3.8, 4) is 45.6 Å². The molecule has 64 heavy (non-hydrogen) atoms. The van der Waals surface area contributed by atoms with Gasteiger partial charge in [-0.05, 0) is 60.1 Å². The summed E-state index contributed by atoms with van der Waals surface area (Å²) in [4.78, 5) is 45.8. The molecule has 0 fully saturated rings. The highest BCUT2D eigenvalue weighted by Gasteiger charge is 2.32. The summed E-state index contributed by atoms with van der Waals surface area (Å²) in [6.45, 7) is 5.68. The molecule has 0 aliphatic rings. The van der Waals surface area contributed by atoms with Crippen molar-refractivity contribution < 1.29 is 50.4 Å². The number of phenolic OH excluding ortho intramolecular Hbond substituents is 4. The second kappa shape index (κ2) is 16.8. The molecule has 0 spiro atoms. The number of aromatic nitrogens is 4. The molecule has 0 aliphatic heterocycles.